The van der Waals surface area contributed by atoms with Crippen molar-refractivity contribution in [3.8, 4) is 5.75 Å². The molecule has 1 aliphatic rings. The summed E-state index contributed by atoms with van der Waals surface area (Å²) in [5.41, 5.74) is 0.483. The lowest BCUT2D eigenvalue weighted by Crippen LogP contribution is -2.52. The molecule has 1 heterocycles. The molecule has 3 aromatic carbocycles. The number of amides is 2. The van der Waals surface area contributed by atoms with Crippen LogP contribution in [0.5, 0.6) is 5.75 Å². The maximum absolute atomic E-state index is 12.9. The number of hydrogen-bond donors (Lipinski definition) is 1. The predicted octanol–water partition coefficient (Wildman–Crippen LogP) is 2.11. The van der Waals surface area contributed by atoms with Crippen LogP contribution in [0, 0.1) is 0 Å². The third-order valence-corrected chi connectivity index (χ3v) is 7.61. The van der Waals surface area contributed by atoms with Gasteiger partial charge in [0.05, 0.1) is 18.6 Å². The molecule has 1 N–H and O–H groups in total. The van der Waals surface area contributed by atoms with Gasteiger partial charge in [-0.15, -0.1) is 0 Å². The van der Waals surface area contributed by atoms with Gasteiger partial charge in [-0.05, 0) is 47.2 Å². The maximum atomic E-state index is 12.9. The number of carbonyl (C=O) groups is 2. The summed E-state index contributed by atoms with van der Waals surface area (Å²) in [5.74, 6) is 0.00978. The number of nitrogens with zero attached hydrogens (tertiary/aromatic N) is 2. The molecule has 0 spiro atoms. The number of fused-ring (bicyclic) bond motifs is 1. The first kappa shape index (κ1) is 22.8. The fourth-order valence-corrected chi connectivity index (χ4v) is 5.20. The maximum Gasteiger partial charge on any atom is 0.251 e. The predicted molar refractivity (Wildman–Crippen MR) is 125 cm³/mol. The first-order chi connectivity index (χ1) is 15.9. The number of hydrogen-bond acceptors (Lipinski definition) is 5. The van der Waals surface area contributed by atoms with Crippen LogP contribution in [0.1, 0.15) is 10.4 Å². The van der Waals surface area contributed by atoms with Gasteiger partial charge in [0.15, 0.2) is 0 Å². The molecule has 172 valence electrons. The number of rotatable bonds is 6. The summed E-state index contributed by atoms with van der Waals surface area (Å²) in [6.45, 7) is 0.772. The first-order valence-corrected chi connectivity index (χ1v) is 12.0. The van der Waals surface area contributed by atoms with Crippen LogP contribution in [0.2, 0.25) is 0 Å². The Morgan fingerprint density at radius 2 is 1.58 bits per heavy atom. The zero-order valence-corrected chi connectivity index (χ0v) is 19.0. The highest BCUT2D eigenvalue weighted by Gasteiger charge is 2.30. The monoisotopic (exact) mass is 467 g/mol. The van der Waals surface area contributed by atoms with E-state index >= 15 is 0 Å². The van der Waals surface area contributed by atoms with E-state index in [0.717, 1.165) is 10.8 Å². The highest BCUT2D eigenvalue weighted by atomic mass is 32.2. The number of nitrogens with one attached hydrogen (secondary N) is 1. The van der Waals surface area contributed by atoms with Gasteiger partial charge in [-0.3, -0.25) is 9.59 Å². The SMILES string of the molecule is COc1ccc(S(=O)(=O)N2CCN(C(=O)CNC(=O)c3ccc4ccccc4c3)CC2)cc1. The van der Waals surface area contributed by atoms with Crippen LogP contribution in [-0.4, -0.2) is 69.3 Å². The minimum absolute atomic E-state index is 0.142. The lowest BCUT2D eigenvalue weighted by atomic mass is 10.1. The first-order valence-electron chi connectivity index (χ1n) is 10.6. The normalized spacial score (nSPS) is 14.8. The molecule has 0 atom stereocenters. The molecule has 0 saturated carbocycles. The van der Waals surface area contributed by atoms with Crippen molar-refractivity contribution in [3.63, 3.8) is 0 Å². The Balaban J connectivity index is 1.31. The van der Waals surface area contributed by atoms with E-state index in [1.807, 2.05) is 30.3 Å². The zero-order chi connectivity index (χ0) is 23.4. The van der Waals surface area contributed by atoms with E-state index in [-0.39, 0.29) is 49.4 Å². The molecule has 1 fully saturated rings. The molecule has 4 rings (SSSR count). The fraction of sp³-hybridized carbons (Fsp3) is 0.250. The Bertz CT molecular complexity index is 1270. The van der Waals surface area contributed by atoms with Crippen molar-refractivity contribution in [2.75, 3.05) is 39.8 Å². The van der Waals surface area contributed by atoms with Gasteiger partial charge < -0.3 is 15.0 Å². The molecule has 1 saturated heterocycles. The third kappa shape index (κ3) is 4.99. The van der Waals surface area contributed by atoms with E-state index in [4.69, 9.17) is 4.74 Å². The summed E-state index contributed by atoms with van der Waals surface area (Å²) in [4.78, 5) is 26.8. The van der Waals surface area contributed by atoms with Crippen LogP contribution < -0.4 is 10.1 Å². The van der Waals surface area contributed by atoms with Crippen LogP contribution in [0.25, 0.3) is 10.8 Å². The Morgan fingerprint density at radius 3 is 2.24 bits per heavy atom. The van der Waals surface area contributed by atoms with Crippen molar-refractivity contribution in [1.82, 2.24) is 14.5 Å². The molecule has 0 bridgehead atoms. The third-order valence-electron chi connectivity index (χ3n) is 5.70. The fourth-order valence-electron chi connectivity index (χ4n) is 3.77. The number of sulfonamides is 1. The summed E-state index contributed by atoms with van der Waals surface area (Å²) in [7, 11) is -2.13. The van der Waals surface area contributed by atoms with E-state index in [1.165, 1.54) is 23.5 Å². The average Bonchev–Trinajstić information content (AvgIpc) is 2.86. The van der Waals surface area contributed by atoms with Crippen molar-refractivity contribution in [2.24, 2.45) is 0 Å². The van der Waals surface area contributed by atoms with Gasteiger partial charge in [0.1, 0.15) is 5.75 Å². The Morgan fingerprint density at radius 1 is 0.909 bits per heavy atom. The lowest BCUT2D eigenvalue weighted by Gasteiger charge is -2.34. The topological polar surface area (TPSA) is 96.0 Å². The molecule has 9 heteroatoms. The highest BCUT2D eigenvalue weighted by molar-refractivity contribution is 7.89. The summed E-state index contributed by atoms with van der Waals surface area (Å²) in [6, 6.07) is 19.3. The molecule has 0 unspecified atom stereocenters. The van der Waals surface area contributed by atoms with Gasteiger partial charge in [0.25, 0.3) is 5.91 Å². The summed E-state index contributed by atoms with van der Waals surface area (Å²) in [5, 5.41) is 4.65. The largest absolute Gasteiger partial charge is 0.497 e. The van der Waals surface area contributed by atoms with Gasteiger partial charge >= 0.3 is 0 Å². The van der Waals surface area contributed by atoms with Gasteiger partial charge in [-0.2, -0.15) is 4.31 Å². The molecule has 0 aromatic heterocycles. The second kappa shape index (κ2) is 9.60. The number of methoxy groups -OCH3 is 1. The van der Waals surface area contributed by atoms with E-state index in [0.29, 0.717) is 11.3 Å². The van der Waals surface area contributed by atoms with Gasteiger partial charge in [0, 0.05) is 31.7 Å². The number of benzene rings is 3. The van der Waals surface area contributed by atoms with Crippen molar-refractivity contribution >= 4 is 32.6 Å². The number of piperazine rings is 1. The minimum Gasteiger partial charge on any atom is -0.497 e. The standard InChI is InChI=1S/C24H25N3O5S/c1-32-21-8-10-22(11-9-21)33(30,31)27-14-12-26(13-15-27)23(28)17-25-24(29)20-7-6-18-4-2-3-5-19(18)16-20/h2-11,16H,12-15,17H2,1H3,(H,25,29). The Labute approximate surface area is 192 Å². The lowest BCUT2D eigenvalue weighted by molar-refractivity contribution is -0.131. The van der Waals surface area contributed by atoms with E-state index in [2.05, 4.69) is 5.32 Å². The van der Waals surface area contributed by atoms with Gasteiger partial charge in [-0.25, -0.2) is 8.42 Å². The smallest absolute Gasteiger partial charge is 0.251 e. The van der Waals surface area contributed by atoms with Crippen molar-refractivity contribution in [2.45, 2.75) is 4.90 Å². The highest BCUT2D eigenvalue weighted by Crippen LogP contribution is 2.21. The number of ether oxygens (including phenoxy) is 1. The molecule has 33 heavy (non-hydrogen) atoms. The van der Waals surface area contributed by atoms with Crippen LogP contribution in [-0.2, 0) is 14.8 Å². The van der Waals surface area contributed by atoms with Crippen LogP contribution in [0.4, 0.5) is 0 Å². The van der Waals surface area contributed by atoms with Crippen molar-refractivity contribution in [1.29, 1.82) is 0 Å². The van der Waals surface area contributed by atoms with Crippen LogP contribution in [0.15, 0.2) is 71.6 Å². The van der Waals surface area contributed by atoms with Gasteiger partial charge in [0.2, 0.25) is 15.9 Å². The average molecular weight is 468 g/mol. The summed E-state index contributed by atoms with van der Waals surface area (Å²) < 4.78 is 32.1. The van der Waals surface area contributed by atoms with Gasteiger partial charge in [-0.1, -0.05) is 30.3 Å². The van der Waals surface area contributed by atoms with Crippen molar-refractivity contribution < 1.29 is 22.7 Å². The molecule has 3 aromatic rings. The van der Waals surface area contributed by atoms with E-state index in [1.54, 1.807) is 29.2 Å². The molecular formula is C24H25N3O5S. The van der Waals surface area contributed by atoms with Crippen LogP contribution in [0.3, 0.4) is 0 Å². The van der Waals surface area contributed by atoms with Crippen molar-refractivity contribution in [3.05, 3.63) is 72.3 Å². The molecular weight excluding hydrogens is 442 g/mol. The van der Waals surface area contributed by atoms with Crippen LogP contribution >= 0.6 is 0 Å². The van der Waals surface area contributed by atoms with E-state index in [9.17, 15) is 18.0 Å². The quantitative estimate of drug-likeness (QED) is 0.599. The second-order valence-corrected chi connectivity index (χ2v) is 9.64. The zero-order valence-electron chi connectivity index (χ0n) is 18.2. The molecule has 8 nitrogen and oxygen atoms in total. The molecule has 0 radical (unpaired) electrons. The second-order valence-electron chi connectivity index (χ2n) is 7.71. The number of carbonyl (C=O) groups excluding carboxylic acids is 2. The van der Waals surface area contributed by atoms with E-state index < -0.39 is 10.0 Å². The Kier molecular flexibility index (Phi) is 6.62. The molecule has 2 amide bonds. The summed E-state index contributed by atoms with van der Waals surface area (Å²) in [6.07, 6.45) is 0. The summed E-state index contributed by atoms with van der Waals surface area (Å²) >= 11 is 0. The molecule has 0 aliphatic carbocycles. The minimum atomic E-state index is -3.65. The Hall–Kier alpha value is -3.43. The molecule has 1 aliphatic heterocycles.